The number of aliphatic hydroxyl groups excluding tert-OH is 1. The van der Waals surface area contributed by atoms with Crippen LogP contribution < -0.4 is 32.3 Å². The molecule has 0 aliphatic heterocycles. The largest absolute Gasteiger partial charge is 0.444 e. The third-order valence-corrected chi connectivity index (χ3v) is 10.1. The Bertz CT molecular complexity index is 1580. The van der Waals surface area contributed by atoms with Crippen LogP contribution in [-0.4, -0.2) is 81.2 Å². The molecule has 15 heteroatoms. The summed E-state index contributed by atoms with van der Waals surface area (Å²) in [6, 6.07) is 6.39. The molecule has 1 aromatic heterocycles. The smallest absolute Gasteiger partial charge is 0.408 e. The maximum absolute atomic E-state index is 13.5. The number of carbonyl (C=O) groups is 5. The van der Waals surface area contributed by atoms with E-state index in [-0.39, 0.29) is 43.0 Å². The molecule has 0 bridgehead atoms. The average molecular weight is 767 g/mol. The van der Waals surface area contributed by atoms with Crippen LogP contribution in [0.25, 0.3) is 0 Å². The molecule has 0 spiro atoms. The van der Waals surface area contributed by atoms with Gasteiger partial charge in [-0.15, -0.1) is 0 Å². The predicted molar refractivity (Wildman–Crippen MR) is 209 cm³/mol. The number of amides is 5. The van der Waals surface area contributed by atoms with Gasteiger partial charge in [0.2, 0.25) is 23.6 Å². The van der Waals surface area contributed by atoms with E-state index in [4.69, 9.17) is 10.5 Å². The lowest BCUT2D eigenvalue weighted by atomic mass is 9.76. The van der Waals surface area contributed by atoms with Crippen molar-refractivity contribution >= 4 is 35.5 Å². The summed E-state index contributed by atoms with van der Waals surface area (Å²) in [5, 5.41) is 25.3. The first kappa shape index (κ1) is 44.6. The topological polar surface area (TPSA) is 227 Å². The van der Waals surface area contributed by atoms with Gasteiger partial charge >= 0.3 is 6.09 Å². The number of nitrogens with zero attached hydrogens (tertiary/aromatic N) is 2. The summed E-state index contributed by atoms with van der Waals surface area (Å²) in [6.07, 6.45) is 4.89. The van der Waals surface area contributed by atoms with Gasteiger partial charge < -0.3 is 42.2 Å². The van der Waals surface area contributed by atoms with Gasteiger partial charge in [0.05, 0.1) is 25.1 Å². The van der Waals surface area contributed by atoms with E-state index in [1.54, 1.807) is 33.9 Å². The molecule has 1 aromatic carbocycles. The van der Waals surface area contributed by atoms with Gasteiger partial charge in [-0.05, 0) is 51.0 Å². The molecule has 0 saturated heterocycles. The molecule has 1 heterocycles. The van der Waals surface area contributed by atoms with Crippen molar-refractivity contribution in [2.75, 3.05) is 12.3 Å². The number of hydrogen-bond acceptors (Lipinski definition) is 10. The Balaban J connectivity index is 1.69. The lowest BCUT2D eigenvalue weighted by molar-refractivity contribution is -0.132. The molecule has 55 heavy (non-hydrogen) atoms. The van der Waals surface area contributed by atoms with Gasteiger partial charge in [0.25, 0.3) is 0 Å². The van der Waals surface area contributed by atoms with E-state index in [1.807, 2.05) is 51.1 Å². The molecule has 1 aliphatic carbocycles. The zero-order valence-electron chi connectivity index (χ0n) is 33.4. The number of aryl methyl sites for hydroxylation is 1. The van der Waals surface area contributed by atoms with Crippen LogP contribution in [0.4, 0.5) is 10.6 Å². The molecule has 304 valence electrons. The Hall–Kier alpha value is -4.79. The minimum atomic E-state index is -1.29. The normalized spacial score (nSPS) is 16.7. The highest BCUT2D eigenvalue weighted by molar-refractivity contribution is 5.90. The molecular formula is C40H62N8O7. The number of rotatable bonds is 18. The number of aliphatic hydroxyl groups is 1. The van der Waals surface area contributed by atoms with E-state index < -0.39 is 66.1 Å². The summed E-state index contributed by atoms with van der Waals surface area (Å²) in [7, 11) is 0. The third-order valence-electron chi connectivity index (χ3n) is 10.1. The van der Waals surface area contributed by atoms with E-state index in [9.17, 15) is 29.1 Å². The summed E-state index contributed by atoms with van der Waals surface area (Å²) in [5.74, 6) is -1.58. The maximum Gasteiger partial charge on any atom is 0.408 e. The SMILES string of the molecule is CC[C@H](C)[C@H](NC(=O)CC(O)C(NC(=O)CNC(=O)[C@H](Cc1ccccc1)NC(=O)OC(C)(C)C)C(C)C1CCCCC1)C(=O)NCc1cnc(C)nc1N. The molecule has 6 atom stereocenters. The number of aromatic nitrogens is 2. The minimum Gasteiger partial charge on any atom is -0.444 e. The first-order valence-corrected chi connectivity index (χ1v) is 19.4. The van der Waals surface area contributed by atoms with Crippen molar-refractivity contribution in [1.82, 2.24) is 36.6 Å². The maximum atomic E-state index is 13.5. The lowest BCUT2D eigenvalue weighted by Gasteiger charge is -2.36. The molecule has 3 rings (SSSR count). The Kier molecular flexibility index (Phi) is 17.3. The number of anilines is 1. The highest BCUT2D eigenvalue weighted by Crippen LogP contribution is 2.33. The number of nitrogens with two attached hydrogens (primary N) is 1. The van der Waals surface area contributed by atoms with Crippen molar-refractivity contribution in [3.8, 4) is 0 Å². The highest BCUT2D eigenvalue weighted by atomic mass is 16.6. The number of benzene rings is 1. The molecule has 1 fully saturated rings. The van der Waals surface area contributed by atoms with Crippen LogP contribution in [-0.2, 0) is 36.9 Å². The second-order valence-corrected chi connectivity index (χ2v) is 15.7. The van der Waals surface area contributed by atoms with Crippen molar-refractivity contribution in [1.29, 1.82) is 0 Å². The van der Waals surface area contributed by atoms with E-state index in [0.717, 1.165) is 37.7 Å². The molecule has 1 aliphatic rings. The van der Waals surface area contributed by atoms with Gasteiger partial charge in [0.15, 0.2) is 0 Å². The van der Waals surface area contributed by atoms with Crippen LogP contribution in [0.1, 0.15) is 103 Å². The summed E-state index contributed by atoms with van der Waals surface area (Å²) in [6.45, 7) is 12.2. The molecule has 2 aromatic rings. The van der Waals surface area contributed by atoms with Crippen LogP contribution in [0.2, 0.25) is 0 Å². The van der Waals surface area contributed by atoms with Crippen LogP contribution in [0.5, 0.6) is 0 Å². The van der Waals surface area contributed by atoms with E-state index in [1.165, 1.54) is 0 Å². The van der Waals surface area contributed by atoms with Crippen molar-refractivity contribution in [3.05, 3.63) is 53.5 Å². The number of nitrogens with one attached hydrogen (secondary N) is 5. The van der Waals surface area contributed by atoms with Gasteiger partial charge in [-0.2, -0.15) is 0 Å². The van der Waals surface area contributed by atoms with E-state index in [2.05, 4.69) is 36.6 Å². The molecular weight excluding hydrogens is 704 g/mol. The van der Waals surface area contributed by atoms with Crippen molar-refractivity contribution in [2.45, 2.75) is 136 Å². The zero-order chi connectivity index (χ0) is 40.7. The molecule has 8 N–H and O–H groups in total. The summed E-state index contributed by atoms with van der Waals surface area (Å²) in [5.41, 5.74) is 6.54. The Labute approximate surface area is 325 Å². The lowest BCUT2D eigenvalue weighted by Crippen LogP contribution is -2.55. The van der Waals surface area contributed by atoms with Gasteiger partial charge in [0, 0.05) is 24.7 Å². The highest BCUT2D eigenvalue weighted by Gasteiger charge is 2.35. The number of hydrogen-bond donors (Lipinski definition) is 7. The summed E-state index contributed by atoms with van der Waals surface area (Å²) in [4.78, 5) is 74.5. The second kappa shape index (κ2) is 21.3. The number of ether oxygens (including phenoxy) is 1. The molecule has 15 nitrogen and oxygen atoms in total. The standard InChI is InChI=1S/C40H62N8O7/c1-8-24(2)34(38(53)43-22-29-21-42-26(4)45-36(29)41)47-32(50)20-31(49)35(25(3)28-17-13-10-14-18-28)48-33(51)23-44-37(52)30(19-27-15-11-9-12-16-27)46-39(54)55-40(5,6)7/h9,11-12,15-16,21,24-25,28,30-31,34-35,49H,8,10,13-14,17-20,22-23H2,1-7H3,(H,43,53)(H,44,52)(H,46,54)(H,47,50)(H,48,51)(H2,41,42,45)/t24-,25?,30-,31?,34-,35?/m0/s1. The van der Waals surface area contributed by atoms with Crippen LogP contribution >= 0.6 is 0 Å². The molecule has 5 amide bonds. The quantitative estimate of drug-likeness (QED) is 0.117. The number of carbonyl (C=O) groups excluding carboxylic acids is 5. The predicted octanol–water partition coefficient (Wildman–Crippen LogP) is 3.22. The molecule has 1 saturated carbocycles. The van der Waals surface area contributed by atoms with Gasteiger partial charge in [-0.25, -0.2) is 14.8 Å². The van der Waals surface area contributed by atoms with E-state index >= 15 is 0 Å². The van der Waals surface area contributed by atoms with Gasteiger partial charge in [-0.3, -0.25) is 19.2 Å². The first-order chi connectivity index (χ1) is 26.0. The first-order valence-electron chi connectivity index (χ1n) is 19.4. The minimum absolute atomic E-state index is 0.0734. The third kappa shape index (κ3) is 15.1. The Morgan fingerprint density at radius 1 is 0.945 bits per heavy atom. The average Bonchev–Trinajstić information content (AvgIpc) is 3.13. The van der Waals surface area contributed by atoms with Crippen molar-refractivity contribution in [3.63, 3.8) is 0 Å². The van der Waals surface area contributed by atoms with E-state index in [0.29, 0.717) is 17.8 Å². The van der Waals surface area contributed by atoms with Crippen molar-refractivity contribution in [2.24, 2.45) is 17.8 Å². The monoisotopic (exact) mass is 766 g/mol. The second-order valence-electron chi connectivity index (χ2n) is 15.7. The molecule has 3 unspecified atom stereocenters. The van der Waals surface area contributed by atoms with Crippen LogP contribution in [0.15, 0.2) is 36.5 Å². The van der Waals surface area contributed by atoms with Crippen LogP contribution in [0.3, 0.4) is 0 Å². The number of nitrogen functional groups attached to an aromatic ring is 1. The summed E-state index contributed by atoms with van der Waals surface area (Å²) >= 11 is 0. The van der Waals surface area contributed by atoms with Crippen molar-refractivity contribution < 1.29 is 33.8 Å². The fraction of sp³-hybridized carbons (Fsp3) is 0.625. The fourth-order valence-corrected chi connectivity index (χ4v) is 6.76. The Morgan fingerprint density at radius 3 is 2.24 bits per heavy atom. The van der Waals surface area contributed by atoms with Crippen LogP contribution in [0, 0.1) is 24.7 Å². The number of alkyl carbamates (subject to hydrolysis) is 1. The van der Waals surface area contributed by atoms with Gasteiger partial charge in [-0.1, -0.05) is 89.6 Å². The fourth-order valence-electron chi connectivity index (χ4n) is 6.76. The zero-order valence-corrected chi connectivity index (χ0v) is 33.4. The Morgan fingerprint density at radius 2 is 1.62 bits per heavy atom. The summed E-state index contributed by atoms with van der Waals surface area (Å²) < 4.78 is 5.37. The van der Waals surface area contributed by atoms with Gasteiger partial charge in [0.1, 0.15) is 29.3 Å². The molecule has 0 radical (unpaired) electrons.